The van der Waals surface area contributed by atoms with E-state index in [2.05, 4.69) is 10.2 Å². The number of carbonyl (C=O) groups is 1. The van der Waals surface area contributed by atoms with Gasteiger partial charge in [0.2, 0.25) is 5.78 Å². The fourth-order valence-corrected chi connectivity index (χ4v) is 2.38. The van der Waals surface area contributed by atoms with E-state index >= 15 is 0 Å². The molecule has 0 saturated carbocycles. The van der Waals surface area contributed by atoms with Gasteiger partial charge in [0, 0.05) is 13.1 Å². The number of hydrogen-bond donors (Lipinski definition) is 0. The summed E-state index contributed by atoms with van der Waals surface area (Å²) in [4.78, 5) is 12.7. The van der Waals surface area contributed by atoms with Crippen LogP contribution >= 0.6 is 11.6 Å². The van der Waals surface area contributed by atoms with E-state index in [1.165, 1.54) is 6.20 Å². The summed E-state index contributed by atoms with van der Waals surface area (Å²) < 4.78 is 3.39. The summed E-state index contributed by atoms with van der Waals surface area (Å²) in [6, 6.07) is 1.84. The van der Waals surface area contributed by atoms with Gasteiger partial charge in [0.1, 0.15) is 11.4 Å². The second-order valence-corrected chi connectivity index (χ2v) is 4.99. The van der Waals surface area contributed by atoms with E-state index in [1.807, 2.05) is 26.8 Å². The lowest BCUT2D eigenvalue weighted by atomic mass is 10.2. The Morgan fingerprint density at radius 2 is 2.05 bits per heavy atom. The predicted octanol–water partition coefficient (Wildman–Crippen LogP) is 2.96. The first-order chi connectivity index (χ1) is 9.62. The van der Waals surface area contributed by atoms with Crippen LogP contribution in [0, 0.1) is 0 Å². The molecule has 0 amide bonds. The van der Waals surface area contributed by atoms with Crippen LogP contribution in [-0.2, 0) is 19.5 Å². The number of aryl methyl sites for hydroxylation is 3. The van der Waals surface area contributed by atoms with Crippen molar-refractivity contribution in [1.82, 2.24) is 19.6 Å². The maximum absolute atomic E-state index is 12.7. The van der Waals surface area contributed by atoms with Crippen molar-refractivity contribution >= 4 is 17.4 Å². The van der Waals surface area contributed by atoms with Gasteiger partial charge in [-0.2, -0.15) is 10.2 Å². The molecule has 2 aromatic heterocycles. The molecule has 0 aliphatic heterocycles. The minimum Gasteiger partial charge on any atom is -0.285 e. The average Bonchev–Trinajstić information content (AvgIpc) is 3.02. The molecule has 0 aliphatic carbocycles. The summed E-state index contributed by atoms with van der Waals surface area (Å²) in [5, 5.41) is 8.97. The summed E-state index contributed by atoms with van der Waals surface area (Å²) in [6.07, 6.45) is 3.22. The molecule has 2 aromatic rings. The van der Waals surface area contributed by atoms with E-state index in [1.54, 1.807) is 9.36 Å². The zero-order valence-corrected chi connectivity index (χ0v) is 12.8. The Hall–Kier alpha value is -1.62. The maximum atomic E-state index is 12.7. The van der Waals surface area contributed by atoms with Crippen LogP contribution in [0.25, 0.3) is 0 Å². The second kappa shape index (κ2) is 6.22. The van der Waals surface area contributed by atoms with Crippen LogP contribution in [-0.4, -0.2) is 25.3 Å². The van der Waals surface area contributed by atoms with Gasteiger partial charge in [0.05, 0.1) is 16.9 Å². The first-order valence-corrected chi connectivity index (χ1v) is 7.32. The lowest BCUT2D eigenvalue weighted by molar-refractivity contribution is 0.101. The largest absolute Gasteiger partial charge is 0.285 e. The highest BCUT2D eigenvalue weighted by Gasteiger charge is 2.22. The fourth-order valence-electron chi connectivity index (χ4n) is 2.16. The van der Waals surface area contributed by atoms with E-state index in [0.29, 0.717) is 29.5 Å². The van der Waals surface area contributed by atoms with Crippen molar-refractivity contribution in [2.45, 2.75) is 46.7 Å². The zero-order valence-electron chi connectivity index (χ0n) is 12.1. The molecule has 20 heavy (non-hydrogen) atoms. The first kappa shape index (κ1) is 14.8. The Bertz CT molecular complexity index is 615. The van der Waals surface area contributed by atoms with Crippen LogP contribution in [0.4, 0.5) is 0 Å². The lowest BCUT2D eigenvalue weighted by Crippen LogP contribution is -2.16. The third-order valence-corrected chi connectivity index (χ3v) is 3.45. The molecule has 6 heteroatoms. The summed E-state index contributed by atoms with van der Waals surface area (Å²) >= 11 is 6.13. The first-order valence-electron chi connectivity index (χ1n) is 6.95. The van der Waals surface area contributed by atoms with Crippen LogP contribution < -0.4 is 0 Å². The Morgan fingerprint density at radius 3 is 2.65 bits per heavy atom. The third kappa shape index (κ3) is 2.63. The number of halogens is 1. The van der Waals surface area contributed by atoms with Crippen molar-refractivity contribution in [2.75, 3.05) is 0 Å². The number of ketones is 1. The van der Waals surface area contributed by atoms with E-state index in [-0.39, 0.29) is 5.78 Å². The Morgan fingerprint density at radius 1 is 1.30 bits per heavy atom. The van der Waals surface area contributed by atoms with Crippen molar-refractivity contribution in [3.05, 3.63) is 34.4 Å². The summed E-state index contributed by atoms with van der Waals surface area (Å²) in [7, 11) is 0. The molecular formula is C14H19ClN4O. The highest BCUT2D eigenvalue weighted by atomic mass is 35.5. The molecule has 0 bridgehead atoms. The van der Waals surface area contributed by atoms with Gasteiger partial charge in [-0.1, -0.05) is 25.4 Å². The molecule has 0 saturated heterocycles. The molecule has 5 nitrogen and oxygen atoms in total. The number of aromatic nitrogens is 4. The van der Waals surface area contributed by atoms with Gasteiger partial charge in [-0.15, -0.1) is 0 Å². The van der Waals surface area contributed by atoms with E-state index < -0.39 is 0 Å². The SMILES string of the molecule is CCCn1ncc(Cl)c1C(=O)c1cc(CC)nn1CC. The lowest BCUT2D eigenvalue weighted by Gasteiger charge is -2.07. The standard InChI is InChI=1S/C14H19ClN4O/c1-4-7-19-13(11(15)9-16-19)14(20)12-8-10(5-2)17-18(12)6-3/h8-9H,4-7H2,1-3H3. The van der Waals surface area contributed by atoms with Gasteiger partial charge in [0.25, 0.3) is 0 Å². The molecule has 0 aromatic carbocycles. The molecule has 2 rings (SSSR count). The number of hydrogen-bond acceptors (Lipinski definition) is 3. The third-order valence-electron chi connectivity index (χ3n) is 3.17. The number of rotatable bonds is 6. The van der Waals surface area contributed by atoms with Crippen LogP contribution in [0.15, 0.2) is 12.3 Å². The van der Waals surface area contributed by atoms with Gasteiger partial charge in [-0.05, 0) is 25.8 Å². The molecule has 0 atom stereocenters. The molecular weight excluding hydrogens is 276 g/mol. The highest BCUT2D eigenvalue weighted by molar-refractivity contribution is 6.34. The van der Waals surface area contributed by atoms with Gasteiger partial charge in [-0.25, -0.2) is 0 Å². The van der Waals surface area contributed by atoms with Crippen molar-refractivity contribution in [3.8, 4) is 0 Å². The Kier molecular flexibility index (Phi) is 4.60. The van der Waals surface area contributed by atoms with E-state index in [0.717, 1.165) is 18.5 Å². The molecule has 0 aliphatic rings. The van der Waals surface area contributed by atoms with Crippen molar-refractivity contribution in [3.63, 3.8) is 0 Å². The highest BCUT2D eigenvalue weighted by Crippen LogP contribution is 2.20. The van der Waals surface area contributed by atoms with Gasteiger partial charge in [0.15, 0.2) is 0 Å². The average molecular weight is 295 g/mol. The van der Waals surface area contributed by atoms with Crippen LogP contribution in [0.3, 0.4) is 0 Å². The van der Waals surface area contributed by atoms with E-state index in [4.69, 9.17) is 11.6 Å². The molecule has 108 valence electrons. The predicted molar refractivity (Wildman–Crippen MR) is 78.2 cm³/mol. The van der Waals surface area contributed by atoms with Crippen LogP contribution in [0.5, 0.6) is 0 Å². The van der Waals surface area contributed by atoms with Gasteiger partial charge in [-0.3, -0.25) is 14.2 Å². The summed E-state index contributed by atoms with van der Waals surface area (Å²) in [6.45, 7) is 7.35. The number of nitrogens with zero attached hydrogens (tertiary/aromatic N) is 4. The summed E-state index contributed by atoms with van der Waals surface area (Å²) in [5.74, 6) is -0.116. The van der Waals surface area contributed by atoms with Crippen LogP contribution in [0.2, 0.25) is 5.02 Å². The van der Waals surface area contributed by atoms with Crippen molar-refractivity contribution in [1.29, 1.82) is 0 Å². The van der Waals surface area contributed by atoms with Crippen molar-refractivity contribution < 1.29 is 4.79 Å². The Labute approximate surface area is 123 Å². The zero-order chi connectivity index (χ0) is 14.7. The molecule has 0 unspecified atom stereocenters. The van der Waals surface area contributed by atoms with Crippen molar-refractivity contribution in [2.24, 2.45) is 0 Å². The minimum atomic E-state index is -0.116. The molecule has 0 radical (unpaired) electrons. The fraction of sp³-hybridized carbons (Fsp3) is 0.500. The van der Waals surface area contributed by atoms with Crippen LogP contribution in [0.1, 0.15) is 49.1 Å². The van der Waals surface area contributed by atoms with Gasteiger partial charge >= 0.3 is 0 Å². The summed E-state index contributed by atoms with van der Waals surface area (Å²) in [5.41, 5.74) is 1.93. The topological polar surface area (TPSA) is 52.7 Å². The smallest absolute Gasteiger partial charge is 0.230 e. The Balaban J connectivity index is 2.45. The molecule has 0 spiro atoms. The number of carbonyl (C=O) groups excluding carboxylic acids is 1. The molecule has 0 fully saturated rings. The van der Waals surface area contributed by atoms with Gasteiger partial charge < -0.3 is 0 Å². The monoisotopic (exact) mass is 294 g/mol. The van der Waals surface area contributed by atoms with E-state index in [9.17, 15) is 4.79 Å². The molecule has 0 N–H and O–H groups in total. The molecule has 2 heterocycles. The quantitative estimate of drug-likeness (QED) is 0.770. The second-order valence-electron chi connectivity index (χ2n) is 4.58. The maximum Gasteiger partial charge on any atom is 0.230 e. The minimum absolute atomic E-state index is 0.116. The normalized spacial score (nSPS) is 11.0.